The van der Waals surface area contributed by atoms with Crippen molar-refractivity contribution in [1.29, 1.82) is 0 Å². The van der Waals surface area contributed by atoms with Crippen LogP contribution in [0.3, 0.4) is 0 Å². The number of ether oxygens (including phenoxy) is 1. The summed E-state index contributed by atoms with van der Waals surface area (Å²) in [4.78, 5) is 11.4. The molecule has 0 aromatic heterocycles. The van der Waals surface area contributed by atoms with Gasteiger partial charge in [0.2, 0.25) is 0 Å². The Labute approximate surface area is 106 Å². The van der Waals surface area contributed by atoms with Crippen LogP contribution in [0.5, 0.6) is 0 Å². The van der Waals surface area contributed by atoms with Crippen LogP contribution in [-0.2, 0) is 9.53 Å². The second-order valence-corrected chi connectivity index (χ2v) is 10.3. The van der Waals surface area contributed by atoms with Crippen molar-refractivity contribution in [3.63, 3.8) is 0 Å². The minimum Gasteiger partial charge on any atom is -0.446 e. The van der Waals surface area contributed by atoms with E-state index >= 15 is 0 Å². The van der Waals surface area contributed by atoms with Gasteiger partial charge in [-0.25, -0.2) is 4.79 Å². The molecule has 0 N–H and O–H groups in total. The molecule has 96 valence electrons. The highest BCUT2D eigenvalue weighted by molar-refractivity contribution is 6.81. The maximum Gasteiger partial charge on any atom is 0.331 e. The Balaban J connectivity index is 4.03. The van der Waals surface area contributed by atoms with Crippen LogP contribution >= 0.6 is 0 Å². The standard InChI is InChI=1S/C14H24O2Si/c1-6-7-8-9-10-13(2)16-14(15)11-12-17(3,4)5/h11-13H,6-8H2,1-5H3/b12-11+. The van der Waals surface area contributed by atoms with Gasteiger partial charge in [0.25, 0.3) is 0 Å². The number of carbonyl (C=O) groups is 1. The first-order valence-corrected chi connectivity index (χ1v) is 9.81. The van der Waals surface area contributed by atoms with E-state index in [0.717, 1.165) is 19.3 Å². The molecule has 2 nitrogen and oxygen atoms in total. The van der Waals surface area contributed by atoms with Crippen LogP contribution in [0.15, 0.2) is 11.8 Å². The Morgan fingerprint density at radius 1 is 1.41 bits per heavy atom. The minimum atomic E-state index is -1.32. The summed E-state index contributed by atoms with van der Waals surface area (Å²) in [6.45, 7) is 10.5. The fraction of sp³-hybridized carbons (Fsp3) is 0.643. The first kappa shape index (κ1) is 16.0. The highest BCUT2D eigenvalue weighted by Gasteiger charge is 2.09. The molecule has 0 amide bonds. The lowest BCUT2D eigenvalue weighted by Crippen LogP contribution is -2.17. The van der Waals surface area contributed by atoms with Crippen LogP contribution in [0.2, 0.25) is 19.6 Å². The molecule has 1 unspecified atom stereocenters. The molecule has 17 heavy (non-hydrogen) atoms. The van der Waals surface area contributed by atoms with E-state index in [1.54, 1.807) is 6.92 Å². The SMILES string of the molecule is CCCCC#CC(C)OC(=O)/C=C/[Si](C)(C)C. The molecule has 0 radical (unpaired) electrons. The Kier molecular flexibility index (Phi) is 7.65. The summed E-state index contributed by atoms with van der Waals surface area (Å²) < 4.78 is 5.15. The molecule has 0 aromatic carbocycles. The van der Waals surface area contributed by atoms with Crippen molar-refractivity contribution in [2.45, 2.75) is 58.9 Å². The van der Waals surface area contributed by atoms with E-state index in [0.29, 0.717) is 0 Å². The summed E-state index contributed by atoms with van der Waals surface area (Å²) in [5.41, 5.74) is 1.98. The first-order chi connectivity index (χ1) is 7.85. The summed E-state index contributed by atoms with van der Waals surface area (Å²) >= 11 is 0. The number of esters is 1. The van der Waals surface area contributed by atoms with Crippen molar-refractivity contribution < 1.29 is 9.53 Å². The molecule has 0 aliphatic heterocycles. The molecule has 0 saturated carbocycles. The molecule has 0 spiro atoms. The van der Waals surface area contributed by atoms with Gasteiger partial charge in [0.1, 0.15) is 0 Å². The Bertz CT molecular complexity index is 315. The first-order valence-electron chi connectivity index (χ1n) is 6.23. The molecule has 0 aromatic rings. The van der Waals surface area contributed by atoms with Crippen LogP contribution in [-0.4, -0.2) is 20.1 Å². The molecule has 0 saturated heterocycles. The lowest BCUT2D eigenvalue weighted by Gasteiger charge is -2.08. The van der Waals surface area contributed by atoms with E-state index in [4.69, 9.17) is 4.74 Å². The van der Waals surface area contributed by atoms with Crippen molar-refractivity contribution in [1.82, 2.24) is 0 Å². The van der Waals surface area contributed by atoms with Gasteiger partial charge in [0, 0.05) is 12.5 Å². The van der Waals surface area contributed by atoms with Gasteiger partial charge in [-0.3, -0.25) is 0 Å². The highest BCUT2D eigenvalue weighted by Crippen LogP contribution is 2.02. The summed E-state index contributed by atoms with van der Waals surface area (Å²) in [5, 5.41) is 0. The largest absolute Gasteiger partial charge is 0.446 e. The van der Waals surface area contributed by atoms with Gasteiger partial charge in [0.15, 0.2) is 6.10 Å². The molecule has 3 heteroatoms. The van der Waals surface area contributed by atoms with E-state index in [-0.39, 0.29) is 12.1 Å². The monoisotopic (exact) mass is 252 g/mol. The lowest BCUT2D eigenvalue weighted by molar-refractivity contribution is -0.139. The zero-order valence-corrected chi connectivity index (χ0v) is 12.7. The van der Waals surface area contributed by atoms with E-state index in [2.05, 4.69) is 38.4 Å². The summed E-state index contributed by atoms with van der Waals surface area (Å²) in [6.07, 6.45) is 4.34. The smallest absolute Gasteiger partial charge is 0.331 e. The molecule has 0 heterocycles. The molecule has 0 aliphatic carbocycles. The quantitative estimate of drug-likeness (QED) is 0.246. The number of carbonyl (C=O) groups excluding carboxylic acids is 1. The lowest BCUT2D eigenvalue weighted by atomic mass is 10.2. The fourth-order valence-electron chi connectivity index (χ4n) is 1.04. The summed E-state index contributed by atoms with van der Waals surface area (Å²) in [7, 11) is -1.32. The minimum absolute atomic E-state index is 0.287. The van der Waals surface area contributed by atoms with Crippen LogP contribution in [0.25, 0.3) is 0 Å². The van der Waals surface area contributed by atoms with Crippen molar-refractivity contribution >= 4 is 14.0 Å². The van der Waals surface area contributed by atoms with E-state index in [9.17, 15) is 4.79 Å². The van der Waals surface area contributed by atoms with Gasteiger partial charge in [-0.05, 0) is 13.3 Å². The molecule has 0 aliphatic rings. The average Bonchev–Trinajstić information content (AvgIpc) is 2.21. The van der Waals surface area contributed by atoms with E-state index < -0.39 is 8.07 Å². The second-order valence-electron chi connectivity index (χ2n) is 5.20. The zero-order chi connectivity index (χ0) is 13.3. The van der Waals surface area contributed by atoms with E-state index in [1.807, 2.05) is 5.70 Å². The fourth-order valence-corrected chi connectivity index (χ4v) is 1.68. The predicted octanol–water partition coefficient (Wildman–Crippen LogP) is 3.55. The molecular weight excluding hydrogens is 228 g/mol. The molecule has 0 bridgehead atoms. The zero-order valence-electron chi connectivity index (χ0n) is 11.7. The number of unbranched alkanes of at least 4 members (excludes halogenated alkanes) is 2. The number of hydrogen-bond donors (Lipinski definition) is 0. The number of rotatable bonds is 5. The van der Waals surface area contributed by atoms with Gasteiger partial charge in [0.05, 0.1) is 8.07 Å². The van der Waals surface area contributed by atoms with Crippen molar-refractivity contribution in [2.75, 3.05) is 0 Å². The average molecular weight is 252 g/mol. The second kappa shape index (κ2) is 8.13. The third-order valence-electron chi connectivity index (χ3n) is 1.97. The maximum atomic E-state index is 11.4. The van der Waals surface area contributed by atoms with Gasteiger partial charge >= 0.3 is 5.97 Å². The van der Waals surface area contributed by atoms with Gasteiger partial charge in [-0.1, -0.05) is 50.5 Å². The topological polar surface area (TPSA) is 26.3 Å². The molecule has 0 fully saturated rings. The summed E-state index contributed by atoms with van der Waals surface area (Å²) in [6, 6.07) is 0. The normalized spacial score (nSPS) is 13.0. The highest BCUT2D eigenvalue weighted by atomic mass is 28.3. The van der Waals surface area contributed by atoms with Crippen molar-refractivity contribution in [3.8, 4) is 11.8 Å². The molecule has 0 rings (SSSR count). The Hall–Kier alpha value is -1.01. The van der Waals surface area contributed by atoms with Crippen LogP contribution in [0.4, 0.5) is 0 Å². The van der Waals surface area contributed by atoms with Crippen molar-refractivity contribution in [2.24, 2.45) is 0 Å². The van der Waals surface area contributed by atoms with Gasteiger partial charge in [-0.2, -0.15) is 0 Å². The van der Waals surface area contributed by atoms with Crippen molar-refractivity contribution in [3.05, 3.63) is 11.8 Å². The van der Waals surface area contributed by atoms with Crippen LogP contribution in [0.1, 0.15) is 33.1 Å². The third-order valence-corrected chi connectivity index (χ3v) is 3.14. The summed E-state index contributed by atoms with van der Waals surface area (Å²) in [5.74, 6) is 5.66. The molecule has 1 atom stereocenters. The Morgan fingerprint density at radius 2 is 2.06 bits per heavy atom. The third kappa shape index (κ3) is 11.3. The van der Waals surface area contributed by atoms with Crippen LogP contribution in [0, 0.1) is 11.8 Å². The number of hydrogen-bond acceptors (Lipinski definition) is 2. The Morgan fingerprint density at radius 3 is 2.59 bits per heavy atom. The van der Waals surface area contributed by atoms with Gasteiger partial charge < -0.3 is 4.74 Å². The van der Waals surface area contributed by atoms with Crippen LogP contribution < -0.4 is 0 Å². The maximum absolute atomic E-state index is 11.4. The molecular formula is C14H24O2Si. The van der Waals surface area contributed by atoms with Gasteiger partial charge in [-0.15, -0.1) is 0 Å². The van der Waals surface area contributed by atoms with E-state index in [1.165, 1.54) is 6.08 Å². The predicted molar refractivity (Wildman–Crippen MR) is 75.3 cm³/mol.